The van der Waals surface area contributed by atoms with Gasteiger partial charge >= 0.3 is 0 Å². The van der Waals surface area contributed by atoms with Crippen molar-refractivity contribution in [1.82, 2.24) is 0 Å². The van der Waals surface area contributed by atoms with E-state index < -0.39 is 0 Å². The maximum atomic E-state index is 13.6. The third-order valence-corrected chi connectivity index (χ3v) is 3.15. The summed E-state index contributed by atoms with van der Waals surface area (Å²) in [6.45, 7) is 6.23. The van der Waals surface area contributed by atoms with E-state index in [0.29, 0.717) is 0 Å². The molecular formula is C13H16BrF. The summed E-state index contributed by atoms with van der Waals surface area (Å²) in [5.74, 6) is -0.136. The Hall–Kier alpha value is -0.630. The average Bonchev–Trinajstić information content (AvgIpc) is 2.23. The van der Waals surface area contributed by atoms with Crippen molar-refractivity contribution in [2.75, 3.05) is 0 Å². The second kappa shape index (κ2) is 5.45. The van der Waals surface area contributed by atoms with Crippen LogP contribution in [0.15, 0.2) is 28.2 Å². The van der Waals surface area contributed by atoms with Gasteiger partial charge in [-0.25, -0.2) is 4.39 Å². The number of hydrogen-bond donors (Lipinski definition) is 0. The summed E-state index contributed by atoms with van der Waals surface area (Å²) in [5.41, 5.74) is 3.11. The largest absolute Gasteiger partial charge is 0.206 e. The molecule has 0 radical (unpaired) electrons. The van der Waals surface area contributed by atoms with Gasteiger partial charge in [-0.2, -0.15) is 0 Å². The lowest BCUT2D eigenvalue weighted by Gasteiger charge is -2.11. The first-order valence-electron chi connectivity index (χ1n) is 5.24. The molecule has 1 aromatic carbocycles. The van der Waals surface area contributed by atoms with Crippen molar-refractivity contribution in [1.29, 1.82) is 0 Å². The van der Waals surface area contributed by atoms with Crippen molar-refractivity contribution in [3.8, 4) is 0 Å². The molecule has 0 bridgehead atoms. The monoisotopic (exact) mass is 270 g/mol. The number of allylic oxidation sites excluding steroid dienone is 2. The van der Waals surface area contributed by atoms with Gasteiger partial charge in [0, 0.05) is 10.0 Å². The molecule has 0 aliphatic heterocycles. The van der Waals surface area contributed by atoms with Gasteiger partial charge in [0.15, 0.2) is 0 Å². The summed E-state index contributed by atoms with van der Waals surface area (Å²) in [5, 5.41) is 0. The van der Waals surface area contributed by atoms with Crippen LogP contribution >= 0.6 is 15.9 Å². The Bertz CT molecular complexity index is 380. The maximum absolute atomic E-state index is 13.6. The first-order chi connectivity index (χ1) is 7.10. The Labute approximate surface area is 99.3 Å². The molecule has 0 fully saturated rings. The highest BCUT2D eigenvalue weighted by Gasteiger charge is 2.09. The highest BCUT2D eigenvalue weighted by atomic mass is 79.9. The molecule has 1 rings (SSSR count). The number of rotatable bonds is 3. The Kier molecular flexibility index (Phi) is 4.52. The second-order valence-corrected chi connectivity index (χ2v) is 4.51. The van der Waals surface area contributed by atoms with Crippen LogP contribution in [-0.4, -0.2) is 0 Å². The van der Waals surface area contributed by atoms with Gasteiger partial charge < -0.3 is 0 Å². The highest BCUT2D eigenvalue weighted by molar-refractivity contribution is 9.10. The molecule has 82 valence electrons. The molecular weight excluding hydrogens is 255 g/mol. The van der Waals surface area contributed by atoms with Gasteiger partial charge in [-0.3, -0.25) is 0 Å². The molecule has 0 amide bonds. The Morgan fingerprint density at radius 1 is 1.27 bits per heavy atom. The van der Waals surface area contributed by atoms with Gasteiger partial charge in [0.25, 0.3) is 0 Å². The Balaban J connectivity index is 3.30. The van der Waals surface area contributed by atoms with E-state index >= 15 is 0 Å². The van der Waals surface area contributed by atoms with Crippen molar-refractivity contribution >= 4 is 21.5 Å². The number of benzene rings is 1. The van der Waals surface area contributed by atoms with E-state index in [2.05, 4.69) is 36.7 Å². The molecule has 0 saturated heterocycles. The van der Waals surface area contributed by atoms with Gasteiger partial charge in [0.1, 0.15) is 5.82 Å². The summed E-state index contributed by atoms with van der Waals surface area (Å²) < 4.78 is 14.6. The summed E-state index contributed by atoms with van der Waals surface area (Å²) >= 11 is 3.38. The van der Waals surface area contributed by atoms with E-state index in [1.807, 2.05) is 6.07 Å². The van der Waals surface area contributed by atoms with E-state index in [1.165, 1.54) is 11.6 Å². The van der Waals surface area contributed by atoms with Gasteiger partial charge in [0.2, 0.25) is 0 Å². The number of hydrogen-bond acceptors (Lipinski definition) is 0. The molecule has 0 saturated carbocycles. The molecule has 0 N–H and O–H groups in total. The van der Waals surface area contributed by atoms with E-state index in [0.717, 1.165) is 28.5 Å². The fourth-order valence-corrected chi connectivity index (χ4v) is 2.03. The number of halogens is 2. The van der Waals surface area contributed by atoms with Crippen LogP contribution in [0, 0.1) is 5.82 Å². The summed E-state index contributed by atoms with van der Waals surface area (Å²) in [6, 6.07) is 5.10. The van der Waals surface area contributed by atoms with Gasteiger partial charge in [0.05, 0.1) is 0 Å². The summed E-state index contributed by atoms with van der Waals surface area (Å²) in [6.07, 6.45) is 1.84. The van der Waals surface area contributed by atoms with Crippen molar-refractivity contribution in [2.24, 2.45) is 0 Å². The predicted octanol–water partition coefficient (Wildman–Crippen LogP) is 5.18. The summed E-state index contributed by atoms with van der Waals surface area (Å²) in [7, 11) is 0. The lowest BCUT2D eigenvalue weighted by molar-refractivity contribution is 0.622. The molecule has 0 atom stereocenters. The fraction of sp³-hybridized carbons (Fsp3) is 0.385. The standard InChI is InChI=1S/C13H16BrF/c1-4-9(3)11(5-2)12-8-10(14)6-7-13(12)15/h6-8H,4-5H2,1-3H3/b11-9-. The first-order valence-corrected chi connectivity index (χ1v) is 6.03. The lowest BCUT2D eigenvalue weighted by Crippen LogP contribution is -1.92. The van der Waals surface area contributed by atoms with Crippen LogP contribution in [0.5, 0.6) is 0 Å². The Morgan fingerprint density at radius 2 is 1.93 bits per heavy atom. The quantitative estimate of drug-likeness (QED) is 0.710. The van der Waals surface area contributed by atoms with Crippen LogP contribution < -0.4 is 0 Å². The molecule has 0 aromatic heterocycles. The zero-order chi connectivity index (χ0) is 11.4. The molecule has 2 heteroatoms. The second-order valence-electron chi connectivity index (χ2n) is 3.59. The SMILES string of the molecule is CC/C(C)=C(/CC)c1cc(Br)ccc1F. The zero-order valence-corrected chi connectivity index (χ0v) is 11.0. The first kappa shape index (κ1) is 12.4. The van der Waals surface area contributed by atoms with Crippen LogP contribution in [0.2, 0.25) is 0 Å². The van der Waals surface area contributed by atoms with E-state index in [-0.39, 0.29) is 5.82 Å². The van der Waals surface area contributed by atoms with E-state index in [4.69, 9.17) is 0 Å². The van der Waals surface area contributed by atoms with Crippen LogP contribution in [0.25, 0.3) is 5.57 Å². The third-order valence-electron chi connectivity index (χ3n) is 2.65. The predicted molar refractivity (Wildman–Crippen MR) is 67.3 cm³/mol. The van der Waals surface area contributed by atoms with Crippen LogP contribution in [0.3, 0.4) is 0 Å². The molecule has 0 aliphatic carbocycles. The van der Waals surface area contributed by atoms with Crippen LogP contribution in [0.4, 0.5) is 4.39 Å². The minimum atomic E-state index is -0.136. The summed E-state index contributed by atoms with van der Waals surface area (Å²) in [4.78, 5) is 0. The lowest BCUT2D eigenvalue weighted by atomic mass is 9.97. The van der Waals surface area contributed by atoms with Gasteiger partial charge in [-0.15, -0.1) is 0 Å². The zero-order valence-electron chi connectivity index (χ0n) is 9.40. The average molecular weight is 271 g/mol. The smallest absolute Gasteiger partial charge is 0.130 e. The third kappa shape index (κ3) is 2.91. The molecule has 15 heavy (non-hydrogen) atoms. The minimum absolute atomic E-state index is 0.136. The fourth-order valence-electron chi connectivity index (χ4n) is 1.66. The van der Waals surface area contributed by atoms with Crippen LogP contribution in [0.1, 0.15) is 39.2 Å². The normalized spacial score (nSPS) is 12.6. The van der Waals surface area contributed by atoms with Crippen LogP contribution in [-0.2, 0) is 0 Å². The Morgan fingerprint density at radius 3 is 2.47 bits per heavy atom. The van der Waals surface area contributed by atoms with E-state index in [1.54, 1.807) is 6.07 Å². The van der Waals surface area contributed by atoms with Crippen molar-refractivity contribution in [2.45, 2.75) is 33.6 Å². The van der Waals surface area contributed by atoms with Gasteiger partial charge in [-0.05, 0) is 43.5 Å². The molecule has 1 aromatic rings. The topological polar surface area (TPSA) is 0 Å². The highest BCUT2D eigenvalue weighted by Crippen LogP contribution is 2.28. The molecule has 0 nitrogen and oxygen atoms in total. The van der Waals surface area contributed by atoms with Crippen molar-refractivity contribution < 1.29 is 4.39 Å². The molecule has 0 spiro atoms. The van der Waals surface area contributed by atoms with Gasteiger partial charge in [-0.1, -0.05) is 35.4 Å². The van der Waals surface area contributed by atoms with E-state index in [9.17, 15) is 4.39 Å². The maximum Gasteiger partial charge on any atom is 0.130 e. The molecule has 0 aliphatic rings. The molecule has 0 heterocycles. The molecule has 0 unspecified atom stereocenters. The minimum Gasteiger partial charge on any atom is -0.206 e. The van der Waals surface area contributed by atoms with Crippen molar-refractivity contribution in [3.05, 3.63) is 39.6 Å². The van der Waals surface area contributed by atoms with Crippen molar-refractivity contribution in [3.63, 3.8) is 0 Å².